The van der Waals surface area contributed by atoms with Gasteiger partial charge in [0.05, 0.1) is 29.3 Å². The van der Waals surface area contributed by atoms with E-state index in [2.05, 4.69) is 28.6 Å². The largest absolute Gasteiger partial charge is 0.377 e. The van der Waals surface area contributed by atoms with Gasteiger partial charge in [0.25, 0.3) is 0 Å². The Morgan fingerprint density at radius 2 is 2.12 bits per heavy atom. The number of nitrogens with one attached hydrogen (secondary N) is 2. The zero-order chi connectivity index (χ0) is 16.7. The molecule has 0 amide bonds. The molecule has 0 aromatic heterocycles. The van der Waals surface area contributed by atoms with Crippen LogP contribution in [0.15, 0.2) is 34.8 Å². The lowest BCUT2D eigenvalue weighted by Crippen LogP contribution is -2.39. The summed E-state index contributed by atoms with van der Waals surface area (Å²) in [6.45, 7) is 4.47. The first kappa shape index (κ1) is 21.5. The van der Waals surface area contributed by atoms with E-state index in [9.17, 15) is 0 Å². The number of hydrogen-bond acceptors (Lipinski definition) is 2. The third kappa shape index (κ3) is 6.78. The third-order valence-electron chi connectivity index (χ3n) is 3.82. The van der Waals surface area contributed by atoms with Crippen LogP contribution in [0, 0.1) is 0 Å². The number of rotatable bonds is 5. The molecule has 0 bridgehead atoms. The lowest BCUT2D eigenvalue weighted by atomic mass is 10.1. The van der Waals surface area contributed by atoms with Crippen molar-refractivity contribution < 1.29 is 4.74 Å². The summed E-state index contributed by atoms with van der Waals surface area (Å²) in [5, 5.41) is 7.83. The number of nitrogens with zero attached hydrogens (tertiary/aromatic N) is 1. The Morgan fingerprint density at radius 1 is 1.33 bits per heavy atom. The van der Waals surface area contributed by atoms with Gasteiger partial charge >= 0.3 is 0 Å². The molecular weight excluding hydrogens is 460 g/mol. The fourth-order valence-electron chi connectivity index (χ4n) is 2.40. The summed E-state index contributed by atoms with van der Waals surface area (Å²) >= 11 is 12.0. The lowest BCUT2D eigenvalue weighted by molar-refractivity contribution is 0.153. The molecule has 1 aromatic carbocycles. The Morgan fingerprint density at radius 3 is 2.75 bits per heavy atom. The van der Waals surface area contributed by atoms with Crippen molar-refractivity contribution in [3.8, 4) is 0 Å². The van der Waals surface area contributed by atoms with Gasteiger partial charge in [-0.25, -0.2) is 0 Å². The molecule has 0 saturated heterocycles. The van der Waals surface area contributed by atoms with E-state index < -0.39 is 0 Å². The predicted molar refractivity (Wildman–Crippen MR) is 113 cm³/mol. The van der Waals surface area contributed by atoms with Gasteiger partial charge in [0.2, 0.25) is 0 Å². The highest BCUT2D eigenvalue weighted by Gasteiger charge is 2.10. The molecular formula is C17H24Cl2IN3O. The number of benzene rings is 1. The topological polar surface area (TPSA) is 45.7 Å². The Hall–Kier alpha value is -0.500. The average Bonchev–Trinajstić information content (AvgIpc) is 2.57. The Kier molecular flexibility index (Phi) is 10.0. The van der Waals surface area contributed by atoms with Crippen molar-refractivity contribution in [1.82, 2.24) is 10.6 Å². The van der Waals surface area contributed by atoms with Gasteiger partial charge in [-0.2, -0.15) is 0 Å². The molecule has 1 unspecified atom stereocenters. The maximum Gasteiger partial charge on any atom is 0.191 e. The molecule has 4 nitrogen and oxygen atoms in total. The highest BCUT2D eigenvalue weighted by atomic mass is 127. The van der Waals surface area contributed by atoms with Crippen LogP contribution < -0.4 is 10.6 Å². The lowest BCUT2D eigenvalue weighted by Gasteiger charge is -2.19. The standard InChI is InChI=1S/C17H23Cl2N3O.HI/c1-12(14-3-4-15(18)16(19)11-14)22-17(20-2)21-8-5-13-6-9-23-10-7-13;/h3-4,6,11-12H,5,7-10H2,1-2H3,(H2,20,21,22);1H. The number of ether oxygens (including phenoxy) is 1. The zero-order valence-corrected chi connectivity index (χ0v) is 17.8. The van der Waals surface area contributed by atoms with Crippen LogP contribution in [-0.2, 0) is 4.74 Å². The van der Waals surface area contributed by atoms with E-state index in [1.165, 1.54) is 5.57 Å². The first-order chi connectivity index (χ1) is 11.1. The second-order valence-electron chi connectivity index (χ2n) is 5.48. The normalized spacial score (nSPS) is 16.0. The molecule has 0 radical (unpaired) electrons. The quantitative estimate of drug-likeness (QED) is 0.279. The van der Waals surface area contributed by atoms with E-state index in [-0.39, 0.29) is 30.0 Å². The zero-order valence-electron chi connectivity index (χ0n) is 13.9. The molecule has 134 valence electrons. The maximum atomic E-state index is 6.08. The van der Waals surface area contributed by atoms with Crippen LogP contribution in [-0.4, -0.2) is 32.8 Å². The predicted octanol–water partition coefficient (Wildman–Crippen LogP) is 4.57. The Labute approximate surface area is 171 Å². The van der Waals surface area contributed by atoms with Gasteiger partial charge in [-0.05, 0) is 37.5 Å². The van der Waals surface area contributed by atoms with Gasteiger partial charge in [-0.15, -0.1) is 24.0 Å². The molecule has 2 rings (SSSR count). The number of aliphatic imine (C=N–C) groups is 1. The van der Waals surface area contributed by atoms with Gasteiger partial charge in [-0.1, -0.05) is 40.9 Å². The fourth-order valence-corrected chi connectivity index (χ4v) is 2.71. The van der Waals surface area contributed by atoms with Gasteiger partial charge in [0.15, 0.2) is 5.96 Å². The fraction of sp³-hybridized carbons (Fsp3) is 0.471. The molecule has 24 heavy (non-hydrogen) atoms. The SMILES string of the molecule is CN=C(NCCC1=CCOCC1)NC(C)c1ccc(Cl)c(Cl)c1.I. The monoisotopic (exact) mass is 483 g/mol. The minimum atomic E-state index is 0. The Balaban J connectivity index is 0.00000288. The number of hydrogen-bond donors (Lipinski definition) is 2. The van der Waals surface area contributed by atoms with Crippen molar-refractivity contribution in [1.29, 1.82) is 0 Å². The molecule has 1 aliphatic rings. The molecule has 0 saturated carbocycles. The van der Waals surface area contributed by atoms with Crippen LogP contribution in [0.4, 0.5) is 0 Å². The van der Waals surface area contributed by atoms with Gasteiger partial charge < -0.3 is 15.4 Å². The Bertz CT molecular complexity index is 593. The molecule has 0 fully saturated rings. The first-order valence-corrected chi connectivity index (χ1v) is 8.53. The van der Waals surface area contributed by atoms with E-state index in [0.29, 0.717) is 10.0 Å². The number of halogens is 3. The molecule has 1 aromatic rings. The van der Waals surface area contributed by atoms with Crippen LogP contribution in [0.25, 0.3) is 0 Å². The second kappa shape index (κ2) is 11.2. The van der Waals surface area contributed by atoms with Crippen molar-refractivity contribution in [2.45, 2.75) is 25.8 Å². The molecule has 1 atom stereocenters. The van der Waals surface area contributed by atoms with Crippen molar-refractivity contribution in [3.63, 3.8) is 0 Å². The average molecular weight is 484 g/mol. The van der Waals surface area contributed by atoms with Crippen molar-refractivity contribution >= 4 is 53.1 Å². The summed E-state index contributed by atoms with van der Waals surface area (Å²) in [6.07, 6.45) is 4.19. The van der Waals surface area contributed by atoms with Crippen molar-refractivity contribution in [2.75, 3.05) is 26.8 Å². The molecule has 0 aliphatic carbocycles. The summed E-state index contributed by atoms with van der Waals surface area (Å²) in [7, 11) is 1.77. The third-order valence-corrected chi connectivity index (χ3v) is 4.56. The van der Waals surface area contributed by atoms with Gasteiger partial charge in [0, 0.05) is 13.6 Å². The molecule has 7 heteroatoms. The van der Waals surface area contributed by atoms with Crippen LogP contribution in [0.1, 0.15) is 31.4 Å². The first-order valence-electron chi connectivity index (χ1n) is 7.78. The molecule has 1 heterocycles. The summed E-state index contributed by atoms with van der Waals surface area (Å²) in [5.41, 5.74) is 2.51. The minimum absolute atomic E-state index is 0. The smallest absolute Gasteiger partial charge is 0.191 e. The summed E-state index contributed by atoms with van der Waals surface area (Å²) < 4.78 is 5.31. The number of guanidine groups is 1. The second-order valence-corrected chi connectivity index (χ2v) is 6.29. The molecule has 1 aliphatic heterocycles. The highest BCUT2D eigenvalue weighted by Crippen LogP contribution is 2.25. The highest BCUT2D eigenvalue weighted by molar-refractivity contribution is 14.0. The van der Waals surface area contributed by atoms with E-state index in [0.717, 1.165) is 44.1 Å². The molecule has 2 N–H and O–H groups in total. The van der Waals surface area contributed by atoms with Gasteiger partial charge in [-0.3, -0.25) is 4.99 Å². The maximum absolute atomic E-state index is 6.08. The molecule has 0 spiro atoms. The van der Waals surface area contributed by atoms with E-state index in [1.807, 2.05) is 18.2 Å². The van der Waals surface area contributed by atoms with Crippen molar-refractivity contribution in [3.05, 3.63) is 45.5 Å². The van der Waals surface area contributed by atoms with Crippen LogP contribution in [0.2, 0.25) is 10.0 Å². The summed E-state index contributed by atoms with van der Waals surface area (Å²) in [6, 6.07) is 5.73. The van der Waals surface area contributed by atoms with E-state index >= 15 is 0 Å². The van der Waals surface area contributed by atoms with Crippen LogP contribution in [0.5, 0.6) is 0 Å². The van der Waals surface area contributed by atoms with Gasteiger partial charge in [0.1, 0.15) is 0 Å². The van der Waals surface area contributed by atoms with Crippen LogP contribution >= 0.6 is 47.2 Å². The van der Waals surface area contributed by atoms with E-state index in [1.54, 1.807) is 7.05 Å². The van der Waals surface area contributed by atoms with Crippen LogP contribution in [0.3, 0.4) is 0 Å². The van der Waals surface area contributed by atoms with E-state index in [4.69, 9.17) is 27.9 Å². The summed E-state index contributed by atoms with van der Waals surface area (Å²) in [4.78, 5) is 4.27. The van der Waals surface area contributed by atoms with Crippen molar-refractivity contribution in [2.24, 2.45) is 4.99 Å². The minimum Gasteiger partial charge on any atom is -0.377 e. The summed E-state index contributed by atoms with van der Waals surface area (Å²) in [5.74, 6) is 0.774.